The molecule has 0 aliphatic heterocycles. The molecule has 1 atom stereocenters. The van der Waals surface area contributed by atoms with E-state index >= 15 is 0 Å². The predicted octanol–water partition coefficient (Wildman–Crippen LogP) is 5.25. The predicted molar refractivity (Wildman–Crippen MR) is 133 cm³/mol. The van der Waals surface area contributed by atoms with E-state index in [-0.39, 0.29) is 18.4 Å². The van der Waals surface area contributed by atoms with Gasteiger partial charge in [-0.05, 0) is 36.8 Å². The second-order valence-corrected chi connectivity index (χ2v) is 8.34. The van der Waals surface area contributed by atoms with E-state index in [1.165, 1.54) is 0 Å². The molecule has 1 N–H and O–H groups in total. The normalized spacial score (nSPS) is 11.7. The van der Waals surface area contributed by atoms with Crippen LogP contribution in [0.1, 0.15) is 44.2 Å². The summed E-state index contributed by atoms with van der Waals surface area (Å²) in [6, 6.07) is 21.2. The molecule has 3 rings (SSSR count). The number of aryl methyl sites for hydroxylation is 1. The summed E-state index contributed by atoms with van der Waals surface area (Å²) in [5.41, 5.74) is 2.14. The highest BCUT2D eigenvalue weighted by molar-refractivity contribution is 5.90. The minimum absolute atomic E-state index is 0.114. The van der Waals surface area contributed by atoms with E-state index in [4.69, 9.17) is 4.74 Å². The number of hydrogen-bond acceptors (Lipinski definition) is 3. The van der Waals surface area contributed by atoms with Crippen molar-refractivity contribution in [2.24, 2.45) is 0 Å². The molecule has 5 nitrogen and oxygen atoms in total. The molecule has 3 aromatic carbocycles. The van der Waals surface area contributed by atoms with E-state index in [0.29, 0.717) is 25.3 Å². The van der Waals surface area contributed by atoms with Crippen molar-refractivity contribution in [2.75, 3.05) is 13.2 Å². The van der Waals surface area contributed by atoms with Crippen LogP contribution < -0.4 is 10.1 Å². The highest BCUT2D eigenvalue weighted by Crippen LogP contribution is 2.25. The molecule has 0 heterocycles. The SMILES string of the molecule is CCCCNC(=O)[C@@H](CC)N(Cc1ccc(C)cc1)C(=O)COc1cccc2ccccc12. The van der Waals surface area contributed by atoms with Crippen LogP contribution in [0.25, 0.3) is 10.8 Å². The third-order valence-corrected chi connectivity index (χ3v) is 5.79. The second kappa shape index (κ2) is 12.0. The Morgan fingerprint density at radius 1 is 0.970 bits per heavy atom. The highest BCUT2D eigenvalue weighted by atomic mass is 16.5. The van der Waals surface area contributed by atoms with Crippen molar-refractivity contribution in [3.05, 3.63) is 77.9 Å². The first-order chi connectivity index (χ1) is 16.0. The van der Waals surface area contributed by atoms with Gasteiger partial charge in [-0.2, -0.15) is 0 Å². The van der Waals surface area contributed by atoms with Gasteiger partial charge in [-0.1, -0.05) is 86.5 Å². The lowest BCUT2D eigenvalue weighted by Gasteiger charge is -2.30. The Hall–Kier alpha value is -3.34. The Kier molecular flexibility index (Phi) is 8.87. The van der Waals surface area contributed by atoms with E-state index in [2.05, 4.69) is 12.2 Å². The van der Waals surface area contributed by atoms with Gasteiger partial charge >= 0.3 is 0 Å². The van der Waals surface area contributed by atoms with E-state index in [1.54, 1.807) is 4.90 Å². The first-order valence-electron chi connectivity index (χ1n) is 11.8. The smallest absolute Gasteiger partial charge is 0.261 e. The number of hydrogen-bond donors (Lipinski definition) is 1. The summed E-state index contributed by atoms with van der Waals surface area (Å²) in [4.78, 5) is 28.0. The molecule has 0 radical (unpaired) electrons. The van der Waals surface area contributed by atoms with Gasteiger partial charge in [0, 0.05) is 18.5 Å². The van der Waals surface area contributed by atoms with Crippen molar-refractivity contribution in [1.29, 1.82) is 0 Å². The summed E-state index contributed by atoms with van der Waals surface area (Å²) in [5.74, 6) is 0.342. The molecule has 0 unspecified atom stereocenters. The van der Waals surface area contributed by atoms with Crippen LogP contribution in [0, 0.1) is 6.92 Å². The van der Waals surface area contributed by atoms with Crippen molar-refractivity contribution in [1.82, 2.24) is 10.2 Å². The summed E-state index contributed by atoms with van der Waals surface area (Å²) in [7, 11) is 0. The van der Waals surface area contributed by atoms with Gasteiger partial charge in [0.05, 0.1) is 0 Å². The molecule has 0 aromatic heterocycles. The van der Waals surface area contributed by atoms with Crippen LogP contribution in [0.2, 0.25) is 0 Å². The van der Waals surface area contributed by atoms with Crippen molar-refractivity contribution in [3.63, 3.8) is 0 Å². The number of nitrogens with zero attached hydrogens (tertiary/aromatic N) is 1. The monoisotopic (exact) mass is 446 g/mol. The summed E-state index contributed by atoms with van der Waals surface area (Å²) < 4.78 is 5.97. The maximum atomic E-state index is 13.4. The van der Waals surface area contributed by atoms with E-state index in [9.17, 15) is 9.59 Å². The van der Waals surface area contributed by atoms with Gasteiger partial charge in [-0.3, -0.25) is 9.59 Å². The van der Waals surface area contributed by atoms with Gasteiger partial charge in [0.1, 0.15) is 11.8 Å². The van der Waals surface area contributed by atoms with Gasteiger partial charge in [-0.25, -0.2) is 0 Å². The largest absolute Gasteiger partial charge is 0.483 e. The van der Waals surface area contributed by atoms with E-state index in [1.807, 2.05) is 80.6 Å². The molecule has 0 saturated heterocycles. The van der Waals surface area contributed by atoms with Crippen LogP contribution >= 0.6 is 0 Å². The number of nitrogens with one attached hydrogen (secondary N) is 1. The highest BCUT2D eigenvalue weighted by Gasteiger charge is 2.28. The maximum absolute atomic E-state index is 13.4. The second-order valence-electron chi connectivity index (χ2n) is 8.34. The molecule has 0 aliphatic carbocycles. The number of unbranched alkanes of at least 4 members (excludes halogenated alkanes) is 1. The van der Waals surface area contributed by atoms with E-state index in [0.717, 1.165) is 34.7 Å². The van der Waals surface area contributed by atoms with Crippen LogP contribution in [-0.4, -0.2) is 35.9 Å². The third kappa shape index (κ3) is 6.58. The van der Waals surface area contributed by atoms with Crippen molar-refractivity contribution >= 4 is 22.6 Å². The van der Waals surface area contributed by atoms with Crippen LogP contribution in [0.5, 0.6) is 5.75 Å². The fraction of sp³-hybridized carbons (Fsp3) is 0.357. The lowest BCUT2D eigenvalue weighted by Crippen LogP contribution is -2.50. The molecule has 33 heavy (non-hydrogen) atoms. The Balaban J connectivity index is 1.79. The molecule has 5 heteroatoms. The molecule has 2 amide bonds. The summed E-state index contributed by atoms with van der Waals surface area (Å²) in [6.07, 6.45) is 2.45. The Morgan fingerprint density at radius 3 is 2.42 bits per heavy atom. The quantitative estimate of drug-likeness (QED) is 0.409. The molecule has 0 spiro atoms. The van der Waals surface area contributed by atoms with Gasteiger partial charge in [0.25, 0.3) is 5.91 Å². The molecule has 0 aliphatic rings. The molecule has 174 valence electrons. The lowest BCUT2D eigenvalue weighted by molar-refractivity contribution is -0.142. The van der Waals surface area contributed by atoms with Gasteiger partial charge < -0.3 is 15.0 Å². The van der Waals surface area contributed by atoms with Gasteiger partial charge in [0.15, 0.2) is 6.61 Å². The summed E-state index contributed by atoms with van der Waals surface area (Å²) in [5, 5.41) is 5.01. The standard InChI is InChI=1S/C28H34N2O3/c1-4-6-18-29-28(32)25(5-2)30(19-22-16-14-21(3)15-17-22)27(31)20-33-26-13-9-11-23-10-7-8-12-24(23)26/h7-17,25H,4-6,18-20H2,1-3H3,(H,29,32)/t25-/m1/s1. The third-order valence-electron chi connectivity index (χ3n) is 5.79. The summed E-state index contributed by atoms with van der Waals surface area (Å²) in [6.45, 7) is 6.90. The Bertz CT molecular complexity index is 1060. The fourth-order valence-electron chi connectivity index (χ4n) is 3.86. The lowest BCUT2D eigenvalue weighted by atomic mass is 10.1. The fourth-order valence-corrected chi connectivity index (χ4v) is 3.86. The van der Waals surface area contributed by atoms with Crippen molar-refractivity contribution < 1.29 is 14.3 Å². The zero-order chi connectivity index (χ0) is 23.6. The molecule has 0 bridgehead atoms. The molecule has 3 aromatic rings. The van der Waals surface area contributed by atoms with Crippen molar-refractivity contribution in [3.8, 4) is 5.75 Å². The number of benzene rings is 3. The number of rotatable bonds is 11. The van der Waals surface area contributed by atoms with Crippen LogP contribution in [0.15, 0.2) is 66.7 Å². The number of ether oxygens (including phenoxy) is 1. The van der Waals surface area contributed by atoms with Gasteiger partial charge in [-0.15, -0.1) is 0 Å². The molecule has 0 saturated carbocycles. The summed E-state index contributed by atoms with van der Waals surface area (Å²) >= 11 is 0. The van der Waals surface area contributed by atoms with E-state index < -0.39 is 6.04 Å². The number of carbonyl (C=O) groups excluding carboxylic acids is 2. The molecule has 0 fully saturated rings. The van der Waals surface area contributed by atoms with Crippen LogP contribution in [0.4, 0.5) is 0 Å². The van der Waals surface area contributed by atoms with Crippen LogP contribution in [0.3, 0.4) is 0 Å². The minimum atomic E-state index is -0.549. The van der Waals surface area contributed by atoms with Crippen molar-refractivity contribution in [2.45, 2.75) is 52.6 Å². The average molecular weight is 447 g/mol. The first-order valence-corrected chi connectivity index (χ1v) is 11.8. The van der Waals surface area contributed by atoms with Crippen LogP contribution in [-0.2, 0) is 16.1 Å². The zero-order valence-electron chi connectivity index (χ0n) is 19.8. The number of carbonyl (C=O) groups is 2. The maximum Gasteiger partial charge on any atom is 0.261 e. The Morgan fingerprint density at radius 2 is 1.70 bits per heavy atom. The number of amides is 2. The first kappa shape index (κ1) is 24.3. The van der Waals surface area contributed by atoms with Gasteiger partial charge in [0.2, 0.25) is 5.91 Å². The average Bonchev–Trinajstić information content (AvgIpc) is 2.83. The number of fused-ring (bicyclic) bond motifs is 1. The zero-order valence-corrected chi connectivity index (χ0v) is 19.8. The molecular formula is C28H34N2O3. The topological polar surface area (TPSA) is 58.6 Å². The Labute approximate surface area is 196 Å². The minimum Gasteiger partial charge on any atom is -0.483 e. The molecular weight excluding hydrogens is 412 g/mol.